The van der Waals surface area contributed by atoms with Gasteiger partial charge in [-0.25, -0.2) is 13.2 Å². The van der Waals surface area contributed by atoms with Crippen LogP contribution in [0.2, 0.25) is 5.02 Å². The predicted octanol–water partition coefficient (Wildman–Crippen LogP) is 1.54. The Bertz CT molecular complexity index is 1100. The van der Waals surface area contributed by atoms with Gasteiger partial charge in [-0.15, -0.1) is 11.8 Å². The van der Waals surface area contributed by atoms with Gasteiger partial charge in [0, 0.05) is 42.4 Å². The zero-order chi connectivity index (χ0) is 19.5. The molecule has 0 aliphatic carbocycles. The van der Waals surface area contributed by atoms with E-state index in [1.54, 1.807) is 12.1 Å². The van der Waals surface area contributed by atoms with E-state index >= 15 is 0 Å². The van der Waals surface area contributed by atoms with Crippen molar-refractivity contribution in [1.82, 2.24) is 9.13 Å². The minimum Gasteiger partial charge on any atom is -0.302 e. The normalized spacial score (nSPS) is 11.2. The Labute approximate surface area is 159 Å². The lowest BCUT2D eigenvalue weighted by Gasteiger charge is -2.13. The molecule has 0 atom stereocenters. The van der Waals surface area contributed by atoms with Crippen molar-refractivity contribution >= 4 is 39.1 Å². The number of thioether (sulfide) groups is 1. The summed E-state index contributed by atoms with van der Waals surface area (Å²) in [7, 11) is -1.70. The maximum Gasteiger partial charge on any atom is 0.330 e. The molecule has 1 aromatic heterocycles. The third-order valence-electron chi connectivity index (χ3n) is 3.36. The Morgan fingerprint density at radius 3 is 2.65 bits per heavy atom. The average molecular weight is 415 g/mol. The first-order valence-corrected chi connectivity index (χ1v) is 10.1. The van der Waals surface area contributed by atoms with E-state index in [9.17, 15) is 18.0 Å². The Hall–Kier alpha value is -2.22. The van der Waals surface area contributed by atoms with Crippen LogP contribution in [0.1, 0.15) is 6.42 Å². The van der Waals surface area contributed by atoms with Crippen LogP contribution in [0.3, 0.4) is 0 Å². The summed E-state index contributed by atoms with van der Waals surface area (Å²) in [5.41, 5.74) is -1.37. The molecule has 11 heteroatoms. The van der Waals surface area contributed by atoms with Crippen molar-refractivity contribution in [3.05, 3.63) is 50.3 Å². The highest BCUT2D eigenvalue weighted by molar-refractivity contribution is 7.99. The first kappa shape index (κ1) is 20.1. The number of hydrogen-bond acceptors (Lipinski definition) is 6. The lowest BCUT2D eigenvalue weighted by atomic mass is 10.3. The van der Waals surface area contributed by atoms with Crippen LogP contribution in [0.25, 0.3) is 0 Å². The molecule has 0 spiro atoms. The van der Waals surface area contributed by atoms with Crippen molar-refractivity contribution in [3.63, 3.8) is 0 Å². The van der Waals surface area contributed by atoms with Gasteiger partial charge in [0.15, 0.2) is 4.90 Å². The fourth-order valence-corrected chi connectivity index (χ4v) is 4.39. The molecule has 0 aliphatic rings. The highest BCUT2D eigenvalue weighted by Gasteiger charge is 2.22. The molecular formula is C15H15ClN4O4S2. The number of aryl methyl sites for hydroxylation is 1. The minimum atomic E-state index is -4.26. The van der Waals surface area contributed by atoms with E-state index < -0.39 is 26.2 Å². The first-order valence-electron chi connectivity index (χ1n) is 7.26. The van der Waals surface area contributed by atoms with E-state index in [1.807, 2.05) is 6.07 Å². The van der Waals surface area contributed by atoms with Crippen LogP contribution in [0.15, 0.2) is 43.8 Å². The van der Waals surface area contributed by atoms with E-state index in [4.69, 9.17) is 16.9 Å². The summed E-state index contributed by atoms with van der Waals surface area (Å²) in [6, 6.07) is 6.65. The van der Waals surface area contributed by atoms with Crippen LogP contribution < -0.4 is 16.0 Å². The molecule has 2 aromatic rings. The second-order valence-electron chi connectivity index (χ2n) is 5.25. The lowest BCUT2D eigenvalue weighted by Crippen LogP contribution is -2.40. The van der Waals surface area contributed by atoms with E-state index in [0.29, 0.717) is 22.1 Å². The van der Waals surface area contributed by atoms with Gasteiger partial charge < -0.3 is 4.57 Å². The number of nitrogens with one attached hydrogen (secondary N) is 1. The number of nitriles is 1. The number of anilines is 1. The summed E-state index contributed by atoms with van der Waals surface area (Å²) in [4.78, 5) is 23.9. The molecule has 0 saturated carbocycles. The van der Waals surface area contributed by atoms with Gasteiger partial charge in [0.1, 0.15) is 0 Å². The van der Waals surface area contributed by atoms with Gasteiger partial charge >= 0.3 is 5.69 Å². The molecule has 1 aromatic carbocycles. The molecule has 0 saturated heterocycles. The molecule has 138 valence electrons. The highest BCUT2D eigenvalue weighted by atomic mass is 35.5. The van der Waals surface area contributed by atoms with Gasteiger partial charge in [-0.2, -0.15) is 5.26 Å². The fraction of sp³-hybridized carbons (Fsp3) is 0.267. The number of sulfonamides is 1. The molecule has 1 heterocycles. The molecule has 26 heavy (non-hydrogen) atoms. The Kier molecular flexibility index (Phi) is 6.17. The minimum absolute atomic E-state index is 0.191. The summed E-state index contributed by atoms with van der Waals surface area (Å²) in [6.45, 7) is 0. The summed E-state index contributed by atoms with van der Waals surface area (Å²) >= 11 is 7.23. The second-order valence-corrected chi connectivity index (χ2v) is 8.48. The molecular weight excluding hydrogens is 400 g/mol. The van der Waals surface area contributed by atoms with Crippen molar-refractivity contribution in [2.45, 2.75) is 16.2 Å². The second kappa shape index (κ2) is 7.99. The van der Waals surface area contributed by atoms with Gasteiger partial charge in [0.05, 0.1) is 11.8 Å². The number of halogens is 1. The molecule has 2 rings (SSSR count). The quantitative estimate of drug-likeness (QED) is 0.566. The van der Waals surface area contributed by atoms with Crippen LogP contribution in [-0.2, 0) is 24.1 Å². The molecule has 0 unspecified atom stereocenters. The van der Waals surface area contributed by atoms with Gasteiger partial charge in [0.25, 0.3) is 15.6 Å². The number of hydrogen-bond donors (Lipinski definition) is 1. The summed E-state index contributed by atoms with van der Waals surface area (Å²) < 4.78 is 29.4. The number of benzene rings is 1. The molecule has 0 radical (unpaired) electrons. The van der Waals surface area contributed by atoms with Crippen molar-refractivity contribution in [3.8, 4) is 6.07 Å². The lowest BCUT2D eigenvalue weighted by molar-refractivity contribution is 0.589. The van der Waals surface area contributed by atoms with Crippen LogP contribution >= 0.6 is 23.4 Å². The molecule has 0 bridgehead atoms. The highest BCUT2D eigenvalue weighted by Crippen LogP contribution is 2.31. The van der Waals surface area contributed by atoms with Crippen LogP contribution in [-0.4, -0.2) is 23.3 Å². The van der Waals surface area contributed by atoms with Gasteiger partial charge in [-0.05, 0) is 18.2 Å². The Morgan fingerprint density at radius 1 is 1.31 bits per heavy atom. The van der Waals surface area contributed by atoms with Crippen molar-refractivity contribution in [2.75, 3.05) is 10.5 Å². The third kappa shape index (κ3) is 4.30. The van der Waals surface area contributed by atoms with Crippen LogP contribution in [0.5, 0.6) is 0 Å². The summed E-state index contributed by atoms with van der Waals surface area (Å²) in [5, 5.41) is 8.94. The van der Waals surface area contributed by atoms with Crippen molar-refractivity contribution in [1.29, 1.82) is 5.26 Å². The number of aromatic nitrogens is 2. The maximum atomic E-state index is 12.7. The zero-order valence-corrected chi connectivity index (χ0v) is 16.3. The fourth-order valence-electron chi connectivity index (χ4n) is 2.07. The monoisotopic (exact) mass is 414 g/mol. The van der Waals surface area contributed by atoms with Gasteiger partial charge in [-0.1, -0.05) is 11.6 Å². The van der Waals surface area contributed by atoms with Gasteiger partial charge in [-0.3, -0.25) is 14.1 Å². The predicted molar refractivity (Wildman–Crippen MR) is 100 cm³/mol. The van der Waals surface area contributed by atoms with E-state index in [1.165, 1.54) is 31.9 Å². The molecule has 0 fully saturated rings. The molecule has 0 aliphatic heterocycles. The average Bonchev–Trinajstić information content (AvgIpc) is 2.58. The first-order chi connectivity index (χ1) is 12.2. The van der Waals surface area contributed by atoms with E-state index in [-0.39, 0.29) is 5.69 Å². The largest absolute Gasteiger partial charge is 0.330 e. The summed E-state index contributed by atoms with van der Waals surface area (Å²) in [6.07, 6.45) is 1.26. The van der Waals surface area contributed by atoms with Crippen LogP contribution in [0, 0.1) is 11.3 Å². The van der Waals surface area contributed by atoms with Crippen molar-refractivity contribution < 1.29 is 8.42 Å². The Morgan fingerprint density at radius 2 is 2.00 bits per heavy atom. The Balaban J connectivity index is 2.48. The topological polar surface area (TPSA) is 114 Å². The number of nitrogens with zero attached hydrogens (tertiary/aromatic N) is 3. The third-order valence-corrected chi connectivity index (χ3v) is 6.02. The summed E-state index contributed by atoms with van der Waals surface area (Å²) in [5.74, 6) is 0.467. The SMILES string of the molecule is Cn1cc(S(=O)(=O)Nc2cc(Cl)ccc2SCCC#N)c(=O)n(C)c1=O. The maximum absolute atomic E-state index is 12.7. The van der Waals surface area contributed by atoms with Crippen molar-refractivity contribution in [2.24, 2.45) is 14.1 Å². The molecule has 0 amide bonds. The standard InChI is InChI=1S/C15H15ClN4O4S2/c1-19-9-13(14(21)20(2)15(19)22)26(23,24)18-11-8-10(16)4-5-12(11)25-7-3-6-17/h4-5,8-9,18H,3,7H2,1-2H3. The van der Waals surface area contributed by atoms with Gasteiger partial charge in [0.2, 0.25) is 0 Å². The molecule has 8 nitrogen and oxygen atoms in total. The van der Waals surface area contributed by atoms with Crippen LogP contribution in [0.4, 0.5) is 5.69 Å². The smallest absolute Gasteiger partial charge is 0.302 e. The zero-order valence-electron chi connectivity index (χ0n) is 13.9. The van der Waals surface area contributed by atoms with E-state index in [2.05, 4.69) is 4.72 Å². The molecule has 1 N–H and O–H groups in total. The number of rotatable bonds is 6. The van der Waals surface area contributed by atoms with E-state index in [0.717, 1.165) is 15.3 Å².